The van der Waals surface area contributed by atoms with Crippen LogP contribution in [0.5, 0.6) is 5.75 Å². The SMILES string of the molecule is CCOC(=O)c1ccc(-c2ccc(-c3nc(-c4ccccc4)c(NC(=O)c4ccc(OC)cc4)s3)o2)cc1. The lowest BCUT2D eigenvalue weighted by molar-refractivity contribution is 0.0526. The molecule has 5 aromatic rings. The third-order valence-electron chi connectivity index (χ3n) is 5.75. The summed E-state index contributed by atoms with van der Waals surface area (Å²) < 4.78 is 16.4. The predicted molar refractivity (Wildman–Crippen MR) is 148 cm³/mol. The van der Waals surface area contributed by atoms with Gasteiger partial charge in [-0.3, -0.25) is 4.79 Å². The van der Waals surface area contributed by atoms with Crippen molar-refractivity contribution in [1.82, 2.24) is 4.98 Å². The lowest BCUT2D eigenvalue weighted by atomic mass is 10.1. The van der Waals surface area contributed by atoms with Gasteiger partial charge in [-0.25, -0.2) is 9.78 Å². The van der Waals surface area contributed by atoms with Crippen LogP contribution in [0.2, 0.25) is 0 Å². The van der Waals surface area contributed by atoms with Crippen molar-refractivity contribution in [3.05, 3.63) is 102 Å². The molecule has 7 nitrogen and oxygen atoms in total. The Bertz CT molecular complexity index is 1550. The number of hydrogen-bond acceptors (Lipinski definition) is 7. The van der Waals surface area contributed by atoms with Crippen molar-refractivity contribution in [2.24, 2.45) is 0 Å². The average molecular weight is 525 g/mol. The van der Waals surface area contributed by atoms with E-state index in [4.69, 9.17) is 18.9 Å². The monoisotopic (exact) mass is 524 g/mol. The van der Waals surface area contributed by atoms with Crippen LogP contribution in [0.25, 0.3) is 33.3 Å². The highest BCUT2D eigenvalue weighted by Gasteiger charge is 2.20. The first-order valence-electron chi connectivity index (χ1n) is 11.9. The fourth-order valence-electron chi connectivity index (χ4n) is 3.81. The molecule has 1 N–H and O–H groups in total. The quantitative estimate of drug-likeness (QED) is 0.216. The van der Waals surface area contributed by atoms with Gasteiger partial charge >= 0.3 is 5.97 Å². The molecule has 38 heavy (non-hydrogen) atoms. The smallest absolute Gasteiger partial charge is 0.338 e. The van der Waals surface area contributed by atoms with Crippen molar-refractivity contribution in [3.63, 3.8) is 0 Å². The number of furan rings is 1. The second kappa shape index (κ2) is 11.1. The fraction of sp³-hybridized carbons (Fsp3) is 0.100. The van der Waals surface area contributed by atoms with Crippen LogP contribution in [-0.4, -0.2) is 30.6 Å². The minimum atomic E-state index is -0.361. The Labute approximate surface area is 223 Å². The Morgan fingerprint density at radius 3 is 2.21 bits per heavy atom. The third kappa shape index (κ3) is 5.35. The number of thiazole rings is 1. The summed E-state index contributed by atoms with van der Waals surface area (Å²) in [6, 6.07) is 27.3. The molecule has 0 fully saturated rings. The van der Waals surface area contributed by atoms with E-state index in [9.17, 15) is 9.59 Å². The van der Waals surface area contributed by atoms with Gasteiger partial charge in [-0.15, -0.1) is 0 Å². The summed E-state index contributed by atoms with van der Waals surface area (Å²) in [4.78, 5) is 29.8. The van der Waals surface area contributed by atoms with Gasteiger partial charge < -0.3 is 19.2 Å². The van der Waals surface area contributed by atoms with E-state index in [-0.39, 0.29) is 11.9 Å². The summed E-state index contributed by atoms with van der Waals surface area (Å²) in [6.45, 7) is 2.10. The molecule has 0 bridgehead atoms. The number of hydrogen-bond donors (Lipinski definition) is 1. The Kier molecular flexibility index (Phi) is 7.33. The van der Waals surface area contributed by atoms with Crippen LogP contribution in [0, 0.1) is 0 Å². The molecule has 0 aliphatic heterocycles. The van der Waals surface area contributed by atoms with Gasteiger partial charge in [0, 0.05) is 16.7 Å². The third-order valence-corrected chi connectivity index (χ3v) is 6.74. The van der Waals surface area contributed by atoms with E-state index in [0.29, 0.717) is 50.7 Å². The number of anilines is 1. The number of methoxy groups -OCH3 is 1. The Balaban J connectivity index is 1.43. The zero-order valence-electron chi connectivity index (χ0n) is 20.8. The highest BCUT2D eigenvalue weighted by molar-refractivity contribution is 7.19. The molecule has 190 valence electrons. The first-order chi connectivity index (χ1) is 18.6. The van der Waals surface area contributed by atoms with Gasteiger partial charge in [0.25, 0.3) is 5.91 Å². The summed E-state index contributed by atoms with van der Waals surface area (Å²) in [5, 5.41) is 4.25. The Morgan fingerprint density at radius 1 is 0.842 bits per heavy atom. The van der Waals surface area contributed by atoms with E-state index in [2.05, 4.69) is 5.32 Å². The number of amides is 1. The van der Waals surface area contributed by atoms with Crippen LogP contribution < -0.4 is 10.1 Å². The van der Waals surface area contributed by atoms with Crippen LogP contribution in [0.15, 0.2) is 95.4 Å². The van der Waals surface area contributed by atoms with Gasteiger partial charge in [-0.05, 0) is 55.5 Å². The Hall–Kier alpha value is -4.69. The number of nitrogens with one attached hydrogen (secondary N) is 1. The first kappa shape index (κ1) is 25.0. The lowest BCUT2D eigenvalue weighted by Gasteiger charge is -2.06. The van der Waals surface area contributed by atoms with Gasteiger partial charge in [-0.1, -0.05) is 53.8 Å². The van der Waals surface area contributed by atoms with Crippen LogP contribution in [0.1, 0.15) is 27.6 Å². The minimum Gasteiger partial charge on any atom is -0.497 e. The molecule has 0 saturated carbocycles. The average Bonchev–Trinajstić information content (AvgIpc) is 3.62. The van der Waals surface area contributed by atoms with Crippen molar-refractivity contribution in [2.45, 2.75) is 6.92 Å². The molecule has 3 aromatic carbocycles. The fourth-order valence-corrected chi connectivity index (χ4v) is 4.76. The van der Waals surface area contributed by atoms with E-state index < -0.39 is 0 Å². The summed E-state index contributed by atoms with van der Waals surface area (Å²) >= 11 is 1.34. The number of aromatic nitrogens is 1. The first-order valence-corrected chi connectivity index (χ1v) is 12.8. The molecule has 0 spiro atoms. The molecule has 0 atom stereocenters. The summed E-state index contributed by atoms with van der Waals surface area (Å²) in [7, 11) is 1.58. The van der Waals surface area contributed by atoms with Gasteiger partial charge in [0.15, 0.2) is 10.8 Å². The van der Waals surface area contributed by atoms with Crippen molar-refractivity contribution in [1.29, 1.82) is 0 Å². The molecule has 0 radical (unpaired) electrons. The number of benzene rings is 3. The second-order valence-electron chi connectivity index (χ2n) is 8.21. The largest absolute Gasteiger partial charge is 0.497 e. The van der Waals surface area contributed by atoms with Crippen molar-refractivity contribution < 1.29 is 23.5 Å². The maximum Gasteiger partial charge on any atom is 0.338 e. The topological polar surface area (TPSA) is 90.7 Å². The van der Waals surface area contributed by atoms with Crippen LogP contribution in [-0.2, 0) is 4.74 Å². The van der Waals surface area contributed by atoms with E-state index in [1.165, 1.54) is 11.3 Å². The highest BCUT2D eigenvalue weighted by atomic mass is 32.1. The molecule has 8 heteroatoms. The molecule has 0 unspecified atom stereocenters. The second-order valence-corrected chi connectivity index (χ2v) is 9.21. The van der Waals surface area contributed by atoms with Gasteiger partial charge in [0.1, 0.15) is 22.2 Å². The molecule has 1 amide bonds. The zero-order chi connectivity index (χ0) is 26.5. The number of rotatable bonds is 8. The van der Waals surface area contributed by atoms with E-state index in [1.807, 2.05) is 54.6 Å². The van der Waals surface area contributed by atoms with Crippen molar-refractivity contribution >= 4 is 28.2 Å². The van der Waals surface area contributed by atoms with E-state index >= 15 is 0 Å². The Morgan fingerprint density at radius 2 is 1.53 bits per heavy atom. The number of carbonyl (C=O) groups is 2. The number of esters is 1. The highest BCUT2D eigenvalue weighted by Crippen LogP contribution is 2.39. The molecule has 0 saturated heterocycles. The molecule has 2 aromatic heterocycles. The number of nitrogens with zero attached hydrogens (tertiary/aromatic N) is 1. The van der Waals surface area contributed by atoms with Crippen LogP contribution >= 0.6 is 11.3 Å². The zero-order valence-corrected chi connectivity index (χ0v) is 21.6. The number of carbonyl (C=O) groups excluding carboxylic acids is 2. The standard InChI is InChI=1S/C30H24N2O5S/c1-3-36-30(34)22-11-9-19(10-12-22)24-17-18-25(37-24)28-31-26(20-7-5-4-6-8-20)29(38-28)32-27(33)21-13-15-23(35-2)16-14-21/h4-18H,3H2,1-2H3,(H,32,33). The van der Waals surface area contributed by atoms with E-state index in [0.717, 1.165) is 11.1 Å². The summed E-state index contributed by atoms with van der Waals surface area (Å²) in [5.74, 6) is 1.27. The number of ether oxygens (including phenoxy) is 2. The summed E-state index contributed by atoms with van der Waals surface area (Å²) in [5.41, 5.74) is 3.33. The van der Waals surface area contributed by atoms with Crippen molar-refractivity contribution in [3.8, 4) is 39.1 Å². The van der Waals surface area contributed by atoms with Crippen molar-refractivity contribution in [2.75, 3.05) is 19.0 Å². The minimum absolute atomic E-state index is 0.248. The molecular weight excluding hydrogens is 500 g/mol. The predicted octanol–water partition coefficient (Wildman–Crippen LogP) is 7.17. The van der Waals surface area contributed by atoms with Gasteiger partial charge in [0.05, 0.1) is 19.3 Å². The normalized spacial score (nSPS) is 10.7. The van der Waals surface area contributed by atoms with E-state index in [1.54, 1.807) is 50.4 Å². The maximum absolute atomic E-state index is 13.0. The molecular formula is C30H24N2O5S. The molecule has 2 heterocycles. The molecule has 5 rings (SSSR count). The van der Waals surface area contributed by atoms with Crippen LogP contribution in [0.3, 0.4) is 0 Å². The van der Waals surface area contributed by atoms with Gasteiger partial charge in [0.2, 0.25) is 0 Å². The molecule has 0 aliphatic rings. The van der Waals surface area contributed by atoms with Crippen LogP contribution in [0.4, 0.5) is 5.00 Å². The van der Waals surface area contributed by atoms with Gasteiger partial charge in [-0.2, -0.15) is 0 Å². The molecule has 0 aliphatic carbocycles. The summed E-state index contributed by atoms with van der Waals surface area (Å²) in [6.07, 6.45) is 0. The maximum atomic E-state index is 13.0. The lowest BCUT2D eigenvalue weighted by Crippen LogP contribution is -2.11.